The molecule has 1 aromatic heterocycles. The summed E-state index contributed by atoms with van der Waals surface area (Å²) in [5.74, 6) is -3.41. The molecule has 0 aliphatic carbocycles. The first-order valence-corrected chi connectivity index (χ1v) is 6.32. The molecule has 0 unspecified atom stereocenters. The SMILES string of the molecule is Cc1c(C(=O)O)c(=O)c(C(=O)O)nn1-c1ccc(C(F)(F)F)cc1. The predicted octanol–water partition coefficient (Wildman–Crippen LogP) is 1.96. The Labute approximate surface area is 131 Å². The quantitative estimate of drug-likeness (QED) is 0.882. The highest BCUT2D eigenvalue weighted by molar-refractivity contribution is 5.93. The van der Waals surface area contributed by atoms with Crippen LogP contribution in [0.4, 0.5) is 13.2 Å². The van der Waals surface area contributed by atoms with Crippen LogP contribution in [0.1, 0.15) is 32.1 Å². The zero-order chi connectivity index (χ0) is 18.2. The zero-order valence-electron chi connectivity index (χ0n) is 12.0. The fourth-order valence-electron chi connectivity index (χ4n) is 2.04. The van der Waals surface area contributed by atoms with Crippen LogP contribution in [0.3, 0.4) is 0 Å². The number of hydrogen-bond acceptors (Lipinski definition) is 4. The lowest BCUT2D eigenvalue weighted by molar-refractivity contribution is -0.137. The third kappa shape index (κ3) is 2.98. The summed E-state index contributed by atoms with van der Waals surface area (Å²) in [6.45, 7) is 1.20. The predicted molar refractivity (Wildman–Crippen MR) is 73.5 cm³/mol. The Morgan fingerprint density at radius 1 is 1.08 bits per heavy atom. The Morgan fingerprint density at radius 3 is 2.04 bits per heavy atom. The normalized spacial score (nSPS) is 11.3. The molecule has 0 fully saturated rings. The average Bonchev–Trinajstić information content (AvgIpc) is 2.46. The molecule has 2 aromatic rings. The lowest BCUT2D eigenvalue weighted by Gasteiger charge is -2.13. The van der Waals surface area contributed by atoms with E-state index in [-0.39, 0.29) is 11.4 Å². The van der Waals surface area contributed by atoms with Crippen molar-refractivity contribution in [1.82, 2.24) is 9.78 Å². The molecule has 0 aliphatic rings. The van der Waals surface area contributed by atoms with Gasteiger partial charge in [0.05, 0.1) is 16.9 Å². The molecule has 2 N–H and O–H groups in total. The Kier molecular flexibility index (Phi) is 4.15. The van der Waals surface area contributed by atoms with Crippen molar-refractivity contribution in [3.8, 4) is 5.69 Å². The number of carbonyl (C=O) groups is 2. The van der Waals surface area contributed by atoms with E-state index in [2.05, 4.69) is 5.10 Å². The summed E-state index contributed by atoms with van der Waals surface area (Å²) in [6, 6.07) is 3.44. The smallest absolute Gasteiger partial charge is 0.416 e. The van der Waals surface area contributed by atoms with Crippen LogP contribution in [0.15, 0.2) is 29.1 Å². The number of carboxylic acid groups (broad SMARTS) is 2. The molecule has 2 rings (SSSR count). The number of halogens is 3. The minimum atomic E-state index is -4.57. The van der Waals surface area contributed by atoms with Crippen LogP contribution in [0.5, 0.6) is 0 Å². The molecule has 0 spiro atoms. The van der Waals surface area contributed by atoms with Gasteiger partial charge in [-0.05, 0) is 31.2 Å². The first kappa shape index (κ1) is 17.2. The molecule has 126 valence electrons. The highest BCUT2D eigenvalue weighted by Crippen LogP contribution is 2.29. The minimum Gasteiger partial charge on any atom is -0.477 e. The van der Waals surface area contributed by atoms with E-state index in [1.165, 1.54) is 6.92 Å². The van der Waals surface area contributed by atoms with Crippen LogP contribution >= 0.6 is 0 Å². The fourth-order valence-corrected chi connectivity index (χ4v) is 2.04. The van der Waals surface area contributed by atoms with E-state index in [0.29, 0.717) is 0 Å². The monoisotopic (exact) mass is 342 g/mol. The van der Waals surface area contributed by atoms with E-state index in [9.17, 15) is 27.6 Å². The van der Waals surface area contributed by atoms with Crippen LogP contribution in [0.2, 0.25) is 0 Å². The molecular weight excluding hydrogens is 333 g/mol. The maximum absolute atomic E-state index is 12.6. The number of benzene rings is 1. The fraction of sp³-hybridized carbons (Fsp3) is 0.143. The van der Waals surface area contributed by atoms with Crippen molar-refractivity contribution in [3.05, 3.63) is 57.0 Å². The van der Waals surface area contributed by atoms with Gasteiger partial charge in [0.1, 0.15) is 5.56 Å². The van der Waals surface area contributed by atoms with Crippen molar-refractivity contribution in [2.45, 2.75) is 13.1 Å². The summed E-state index contributed by atoms with van der Waals surface area (Å²) in [5.41, 5.74) is -4.32. The van der Waals surface area contributed by atoms with E-state index >= 15 is 0 Å². The van der Waals surface area contributed by atoms with E-state index in [1.807, 2.05) is 0 Å². The van der Waals surface area contributed by atoms with Crippen LogP contribution in [-0.2, 0) is 6.18 Å². The van der Waals surface area contributed by atoms with Crippen molar-refractivity contribution in [3.63, 3.8) is 0 Å². The number of carboxylic acids is 2. The molecule has 0 bridgehead atoms. The van der Waals surface area contributed by atoms with Crippen LogP contribution in [-0.4, -0.2) is 31.9 Å². The zero-order valence-corrected chi connectivity index (χ0v) is 12.0. The van der Waals surface area contributed by atoms with Crippen molar-refractivity contribution in [2.24, 2.45) is 0 Å². The van der Waals surface area contributed by atoms with E-state index in [4.69, 9.17) is 10.2 Å². The summed E-state index contributed by atoms with van der Waals surface area (Å²) in [5, 5.41) is 21.6. The summed E-state index contributed by atoms with van der Waals surface area (Å²) >= 11 is 0. The molecular formula is C14H9F3N2O5. The second-order valence-corrected chi connectivity index (χ2v) is 4.70. The Hall–Kier alpha value is -3.17. The molecule has 0 radical (unpaired) electrons. The van der Waals surface area contributed by atoms with E-state index in [0.717, 1.165) is 28.9 Å². The van der Waals surface area contributed by atoms with Crippen LogP contribution in [0, 0.1) is 6.92 Å². The molecule has 1 aromatic carbocycles. The first-order valence-electron chi connectivity index (χ1n) is 6.32. The number of aromatic carboxylic acids is 2. The molecule has 1 heterocycles. The van der Waals surface area contributed by atoms with Gasteiger partial charge < -0.3 is 10.2 Å². The van der Waals surface area contributed by atoms with Crippen molar-refractivity contribution >= 4 is 11.9 Å². The largest absolute Gasteiger partial charge is 0.477 e. The summed E-state index contributed by atoms with van der Waals surface area (Å²) in [6.07, 6.45) is -4.57. The maximum Gasteiger partial charge on any atom is 0.416 e. The van der Waals surface area contributed by atoms with Crippen molar-refractivity contribution in [1.29, 1.82) is 0 Å². The second kappa shape index (κ2) is 5.80. The Morgan fingerprint density at radius 2 is 1.62 bits per heavy atom. The molecule has 10 heteroatoms. The average molecular weight is 342 g/mol. The van der Waals surface area contributed by atoms with Gasteiger partial charge in [-0.3, -0.25) is 4.79 Å². The molecule has 0 saturated heterocycles. The molecule has 0 atom stereocenters. The van der Waals surface area contributed by atoms with Crippen molar-refractivity contribution in [2.75, 3.05) is 0 Å². The van der Waals surface area contributed by atoms with Gasteiger partial charge in [-0.2, -0.15) is 18.3 Å². The minimum absolute atomic E-state index is 0.0227. The van der Waals surface area contributed by atoms with Gasteiger partial charge in [-0.15, -0.1) is 0 Å². The molecule has 0 aliphatic heterocycles. The number of rotatable bonds is 3. The number of nitrogens with zero attached hydrogens (tertiary/aromatic N) is 2. The number of alkyl halides is 3. The van der Waals surface area contributed by atoms with Gasteiger partial charge in [-0.1, -0.05) is 0 Å². The standard InChI is InChI=1S/C14H9F3N2O5/c1-6-9(12(21)22)11(20)10(13(23)24)18-19(6)8-4-2-7(3-5-8)14(15,16)17/h2-5H,1H3,(H,21,22)(H,23,24). The molecule has 7 nitrogen and oxygen atoms in total. The lowest BCUT2D eigenvalue weighted by atomic mass is 10.1. The maximum atomic E-state index is 12.6. The van der Waals surface area contributed by atoms with Gasteiger partial charge in [0, 0.05) is 0 Å². The van der Waals surface area contributed by atoms with E-state index < -0.39 is 40.4 Å². The van der Waals surface area contributed by atoms with Gasteiger partial charge in [0.25, 0.3) is 0 Å². The summed E-state index contributed by atoms with van der Waals surface area (Å²) in [4.78, 5) is 34.1. The third-order valence-corrected chi connectivity index (χ3v) is 3.18. The second-order valence-electron chi connectivity index (χ2n) is 4.70. The Bertz CT molecular complexity index is 885. The third-order valence-electron chi connectivity index (χ3n) is 3.18. The van der Waals surface area contributed by atoms with Crippen LogP contribution in [0.25, 0.3) is 5.69 Å². The number of aromatic nitrogens is 2. The molecule has 24 heavy (non-hydrogen) atoms. The summed E-state index contributed by atoms with van der Waals surface area (Å²) < 4.78 is 38.5. The Balaban J connectivity index is 2.73. The molecule has 0 saturated carbocycles. The first-order chi connectivity index (χ1) is 11.0. The summed E-state index contributed by atoms with van der Waals surface area (Å²) in [7, 11) is 0. The number of hydrogen-bond donors (Lipinski definition) is 2. The van der Waals surface area contributed by atoms with Gasteiger partial charge >= 0.3 is 18.1 Å². The highest BCUT2D eigenvalue weighted by Gasteiger charge is 2.30. The topological polar surface area (TPSA) is 109 Å². The van der Waals surface area contributed by atoms with Gasteiger partial charge in [0.15, 0.2) is 0 Å². The van der Waals surface area contributed by atoms with Crippen molar-refractivity contribution < 1.29 is 33.0 Å². The van der Waals surface area contributed by atoms with Gasteiger partial charge in [-0.25, -0.2) is 14.3 Å². The van der Waals surface area contributed by atoms with E-state index in [1.54, 1.807) is 0 Å². The van der Waals surface area contributed by atoms with Crippen LogP contribution < -0.4 is 5.43 Å². The molecule has 0 amide bonds. The highest BCUT2D eigenvalue weighted by atomic mass is 19.4. The van der Waals surface area contributed by atoms with Gasteiger partial charge in [0.2, 0.25) is 11.1 Å². The lowest BCUT2D eigenvalue weighted by Crippen LogP contribution is -2.29.